The minimum absolute atomic E-state index is 0.381. The van der Waals surface area contributed by atoms with Crippen LogP contribution in [0.25, 0.3) is 11.0 Å². The number of hydrogen-bond donors (Lipinski definition) is 2. The van der Waals surface area contributed by atoms with Crippen LogP contribution in [0.15, 0.2) is 4.79 Å². The summed E-state index contributed by atoms with van der Waals surface area (Å²) in [6.07, 6.45) is 0. The van der Waals surface area contributed by atoms with Gasteiger partial charge >= 0.3 is 11.4 Å². The summed E-state index contributed by atoms with van der Waals surface area (Å²) in [5, 5.41) is 20.5. The van der Waals surface area contributed by atoms with Crippen molar-refractivity contribution in [3.63, 3.8) is 0 Å². The number of nitro benzene ring substituents is 2. The zero-order valence-corrected chi connectivity index (χ0v) is 10.7. The van der Waals surface area contributed by atoms with E-state index in [4.69, 9.17) is 28.9 Å². The summed E-state index contributed by atoms with van der Waals surface area (Å²) in [5.41, 5.74) is 1.80. The molecule has 12 heteroatoms. The maximum absolute atomic E-state index is 11.4. The Balaban J connectivity index is 3.15. The summed E-state index contributed by atoms with van der Waals surface area (Å²) in [6, 6.07) is 0. The molecule has 0 fully saturated rings. The Bertz CT molecular complexity index is 832. The van der Waals surface area contributed by atoms with E-state index in [9.17, 15) is 25.0 Å². The number of hydrogen-bond acceptors (Lipinski definition) is 7. The van der Waals surface area contributed by atoms with Crippen LogP contribution in [0.4, 0.5) is 17.2 Å². The topological polar surface area (TPSA) is 158 Å². The molecule has 10 nitrogen and oxygen atoms in total. The minimum Gasteiger partial charge on any atom is -0.379 e. The number of nitro groups is 2. The Kier molecular flexibility index (Phi) is 3.19. The van der Waals surface area contributed by atoms with Crippen molar-refractivity contribution in [3.05, 3.63) is 40.6 Å². The number of aromatic amines is 1. The molecule has 0 saturated heterocycles. The predicted molar refractivity (Wildman–Crippen MR) is 70.1 cm³/mol. The summed E-state index contributed by atoms with van der Waals surface area (Å²) in [7, 11) is 0. The molecule has 0 unspecified atom stereocenters. The Morgan fingerprint density at radius 2 is 1.65 bits per heavy atom. The largest absolute Gasteiger partial charge is 0.379 e. The third-order valence-electron chi connectivity index (χ3n) is 2.37. The molecule has 1 aromatic heterocycles. The monoisotopic (exact) mass is 319 g/mol. The van der Waals surface area contributed by atoms with Crippen LogP contribution in [0.5, 0.6) is 0 Å². The van der Waals surface area contributed by atoms with Gasteiger partial charge in [-0.25, -0.2) is 4.98 Å². The quantitative estimate of drug-likeness (QED) is 0.628. The summed E-state index contributed by atoms with van der Waals surface area (Å²) in [4.78, 5) is 36.9. The van der Waals surface area contributed by atoms with Crippen molar-refractivity contribution < 1.29 is 9.85 Å². The first-order valence-corrected chi connectivity index (χ1v) is 5.50. The number of anilines is 1. The molecule has 0 aliphatic heterocycles. The highest BCUT2D eigenvalue weighted by atomic mass is 35.5. The number of H-pyrrole nitrogens is 1. The van der Waals surface area contributed by atoms with Gasteiger partial charge in [0.05, 0.1) is 9.85 Å². The summed E-state index contributed by atoms with van der Waals surface area (Å²) < 4.78 is 0. The molecule has 2 rings (SSSR count). The van der Waals surface area contributed by atoms with Gasteiger partial charge in [-0.3, -0.25) is 25.0 Å². The van der Waals surface area contributed by atoms with Crippen LogP contribution in [-0.4, -0.2) is 19.8 Å². The van der Waals surface area contributed by atoms with E-state index in [0.717, 1.165) is 0 Å². The molecule has 104 valence electrons. The van der Waals surface area contributed by atoms with Gasteiger partial charge in [-0.1, -0.05) is 23.2 Å². The fourth-order valence-corrected chi connectivity index (χ4v) is 2.22. The number of benzene rings is 1. The zero-order chi connectivity index (χ0) is 15.2. The van der Waals surface area contributed by atoms with E-state index in [1.54, 1.807) is 0 Å². The maximum Gasteiger partial charge on any atom is 0.322 e. The van der Waals surface area contributed by atoms with Gasteiger partial charge in [-0.2, -0.15) is 0 Å². The molecule has 0 spiro atoms. The van der Waals surface area contributed by atoms with Gasteiger partial charge in [-0.05, 0) is 0 Å². The van der Waals surface area contributed by atoms with E-state index < -0.39 is 48.2 Å². The Hall–Kier alpha value is -2.46. The molecule has 2 aromatic rings. The summed E-state index contributed by atoms with van der Waals surface area (Å²) in [6.45, 7) is 0. The lowest BCUT2D eigenvalue weighted by Crippen LogP contribution is -2.15. The molecule has 0 amide bonds. The first-order chi connectivity index (χ1) is 9.25. The van der Waals surface area contributed by atoms with E-state index in [2.05, 4.69) is 9.97 Å². The van der Waals surface area contributed by atoms with E-state index in [1.165, 1.54) is 0 Å². The van der Waals surface area contributed by atoms with Crippen LogP contribution in [0.2, 0.25) is 10.0 Å². The highest BCUT2D eigenvalue weighted by Crippen LogP contribution is 2.44. The third kappa shape index (κ3) is 1.90. The van der Waals surface area contributed by atoms with Crippen molar-refractivity contribution in [2.45, 2.75) is 0 Å². The maximum atomic E-state index is 11.4. The van der Waals surface area contributed by atoms with Gasteiger partial charge in [-0.15, -0.1) is 0 Å². The number of nitrogens with one attached hydrogen (secondary N) is 1. The minimum atomic E-state index is -0.994. The van der Waals surface area contributed by atoms with Crippen LogP contribution in [0.3, 0.4) is 0 Å². The van der Waals surface area contributed by atoms with Gasteiger partial charge in [0, 0.05) is 0 Å². The molecular weight excluding hydrogens is 317 g/mol. The molecular formula is C8H3Cl2N5O5. The Morgan fingerprint density at radius 3 is 2.15 bits per heavy atom. The number of nitrogens with two attached hydrogens (primary N) is 1. The fraction of sp³-hybridized carbons (Fsp3) is 0. The van der Waals surface area contributed by atoms with Crippen LogP contribution in [0.1, 0.15) is 0 Å². The van der Waals surface area contributed by atoms with Gasteiger partial charge < -0.3 is 10.7 Å². The van der Waals surface area contributed by atoms with Crippen molar-refractivity contribution in [3.8, 4) is 0 Å². The first kappa shape index (κ1) is 14.0. The number of halogens is 2. The molecule has 0 bridgehead atoms. The Morgan fingerprint density at radius 1 is 1.10 bits per heavy atom. The van der Waals surface area contributed by atoms with Crippen molar-refractivity contribution in [1.29, 1.82) is 0 Å². The molecule has 0 radical (unpaired) electrons. The lowest BCUT2D eigenvalue weighted by Gasteiger charge is -2.05. The number of fused-ring (bicyclic) bond motifs is 1. The normalized spacial score (nSPS) is 10.7. The van der Waals surface area contributed by atoms with E-state index in [-0.39, 0.29) is 5.52 Å². The molecule has 0 aliphatic rings. The number of nitrogen functional groups attached to an aromatic ring is 1. The standard InChI is InChI=1S/C8H3Cl2N5O5/c9-1-3-4(12-7(11)8(16)13-3)6(15(19)20)2(10)5(1)14(17)18/h(H2,11,12)(H,13,16). The highest BCUT2D eigenvalue weighted by molar-refractivity contribution is 6.43. The first-order valence-electron chi connectivity index (χ1n) is 4.75. The van der Waals surface area contributed by atoms with Crippen molar-refractivity contribution in [2.75, 3.05) is 5.73 Å². The average molecular weight is 320 g/mol. The van der Waals surface area contributed by atoms with Gasteiger partial charge in [0.15, 0.2) is 16.4 Å². The second kappa shape index (κ2) is 4.58. The van der Waals surface area contributed by atoms with Crippen molar-refractivity contribution in [2.24, 2.45) is 0 Å². The van der Waals surface area contributed by atoms with Crippen LogP contribution < -0.4 is 11.3 Å². The second-order valence-electron chi connectivity index (χ2n) is 3.51. The van der Waals surface area contributed by atoms with Gasteiger partial charge in [0.25, 0.3) is 5.56 Å². The van der Waals surface area contributed by atoms with Crippen LogP contribution in [-0.2, 0) is 0 Å². The van der Waals surface area contributed by atoms with Crippen molar-refractivity contribution in [1.82, 2.24) is 9.97 Å². The summed E-state index contributed by atoms with van der Waals surface area (Å²) in [5.74, 6) is -0.554. The molecule has 0 atom stereocenters. The van der Waals surface area contributed by atoms with Crippen molar-refractivity contribution >= 4 is 51.4 Å². The molecule has 0 saturated carbocycles. The van der Waals surface area contributed by atoms with Crippen LogP contribution in [0, 0.1) is 20.2 Å². The van der Waals surface area contributed by atoms with E-state index >= 15 is 0 Å². The average Bonchev–Trinajstić information content (AvgIpc) is 2.31. The number of nitrogens with zero attached hydrogens (tertiary/aromatic N) is 3. The smallest absolute Gasteiger partial charge is 0.322 e. The zero-order valence-electron chi connectivity index (χ0n) is 9.22. The number of aromatic nitrogens is 2. The second-order valence-corrected chi connectivity index (χ2v) is 4.27. The molecule has 1 heterocycles. The molecule has 1 aromatic carbocycles. The highest BCUT2D eigenvalue weighted by Gasteiger charge is 2.33. The Labute approximate surface area is 118 Å². The molecule has 3 N–H and O–H groups in total. The van der Waals surface area contributed by atoms with Gasteiger partial charge in [0.1, 0.15) is 10.5 Å². The molecule has 20 heavy (non-hydrogen) atoms. The fourth-order valence-electron chi connectivity index (χ4n) is 1.55. The lowest BCUT2D eigenvalue weighted by atomic mass is 10.2. The van der Waals surface area contributed by atoms with E-state index in [0.29, 0.717) is 0 Å². The third-order valence-corrected chi connectivity index (χ3v) is 3.10. The molecule has 0 aliphatic carbocycles. The van der Waals surface area contributed by atoms with Gasteiger partial charge in [0.2, 0.25) is 0 Å². The summed E-state index contributed by atoms with van der Waals surface area (Å²) >= 11 is 11.4. The number of rotatable bonds is 2. The van der Waals surface area contributed by atoms with Crippen LogP contribution >= 0.6 is 23.2 Å². The lowest BCUT2D eigenvalue weighted by molar-refractivity contribution is -0.392. The van der Waals surface area contributed by atoms with E-state index in [1.807, 2.05) is 0 Å². The predicted octanol–water partition coefficient (Wildman–Crippen LogP) is 1.63. The SMILES string of the molecule is Nc1nc2c([N+](=O)[O-])c(Cl)c([N+](=O)[O-])c(Cl)c2[nH]c1=O.